The molecule has 1 fully saturated rings. The van der Waals surface area contributed by atoms with Gasteiger partial charge in [0.1, 0.15) is 5.76 Å². The fourth-order valence-electron chi connectivity index (χ4n) is 1.63. The highest BCUT2D eigenvalue weighted by Crippen LogP contribution is 2.21. The monoisotopic (exact) mass is 233 g/mol. The molecule has 2 aromatic heterocycles. The van der Waals surface area contributed by atoms with Crippen LogP contribution >= 0.6 is 0 Å². The lowest BCUT2D eigenvalue weighted by molar-refractivity contribution is 0.403. The van der Waals surface area contributed by atoms with E-state index in [1.54, 1.807) is 0 Å². The molecule has 1 aliphatic carbocycles. The van der Waals surface area contributed by atoms with E-state index in [2.05, 4.69) is 15.5 Å². The molecular weight excluding hydrogens is 218 g/mol. The number of rotatable bonds is 5. The van der Waals surface area contributed by atoms with Crippen LogP contribution in [0.3, 0.4) is 0 Å². The molecule has 2 heterocycles. The van der Waals surface area contributed by atoms with E-state index >= 15 is 0 Å². The molecule has 5 nitrogen and oxygen atoms in total. The van der Waals surface area contributed by atoms with Crippen molar-refractivity contribution in [3.8, 4) is 11.7 Å². The molecule has 0 radical (unpaired) electrons. The van der Waals surface area contributed by atoms with Gasteiger partial charge < -0.3 is 14.3 Å². The highest BCUT2D eigenvalue weighted by atomic mass is 16.5. The third kappa shape index (κ3) is 2.39. The standard InChI is InChI=1S/C12H15N3O2/c1-2-9-5-6-10(16-9)12-14-11(15-17-12)7-13-8-3-4-8/h5-6,8,13H,2-4,7H2,1H3. The topological polar surface area (TPSA) is 64.1 Å². The van der Waals surface area contributed by atoms with Gasteiger partial charge in [0.2, 0.25) is 0 Å². The van der Waals surface area contributed by atoms with E-state index in [1.807, 2.05) is 19.1 Å². The quantitative estimate of drug-likeness (QED) is 0.857. The second kappa shape index (κ2) is 4.33. The van der Waals surface area contributed by atoms with Crippen LogP contribution in [0, 0.1) is 0 Å². The van der Waals surface area contributed by atoms with E-state index in [-0.39, 0.29) is 0 Å². The van der Waals surface area contributed by atoms with Crippen LogP contribution in [0.2, 0.25) is 0 Å². The molecule has 1 saturated carbocycles. The van der Waals surface area contributed by atoms with E-state index in [9.17, 15) is 0 Å². The first-order valence-corrected chi connectivity index (χ1v) is 6.00. The highest BCUT2D eigenvalue weighted by Gasteiger charge is 2.21. The highest BCUT2D eigenvalue weighted by molar-refractivity contribution is 5.44. The predicted octanol–water partition coefficient (Wildman–Crippen LogP) is 2.14. The summed E-state index contributed by atoms with van der Waals surface area (Å²) in [6, 6.07) is 4.44. The molecule has 1 aliphatic rings. The maximum absolute atomic E-state index is 5.55. The van der Waals surface area contributed by atoms with Crippen LogP contribution in [0.1, 0.15) is 31.4 Å². The first-order chi connectivity index (χ1) is 8.35. The van der Waals surface area contributed by atoms with Crippen molar-refractivity contribution < 1.29 is 8.94 Å². The van der Waals surface area contributed by atoms with E-state index in [1.165, 1.54) is 12.8 Å². The third-order valence-electron chi connectivity index (χ3n) is 2.82. The Labute approximate surface area is 99.2 Å². The number of nitrogens with one attached hydrogen (secondary N) is 1. The van der Waals surface area contributed by atoms with Crippen molar-refractivity contribution >= 4 is 0 Å². The molecule has 0 saturated heterocycles. The van der Waals surface area contributed by atoms with Crippen LogP contribution in [0.15, 0.2) is 21.1 Å². The fourth-order valence-corrected chi connectivity index (χ4v) is 1.63. The Kier molecular flexibility index (Phi) is 2.68. The zero-order valence-corrected chi connectivity index (χ0v) is 9.77. The zero-order chi connectivity index (χ0) is 11.7. The molecule has 1 N–H and O–H groups in total. The van der Waals surface area contributed by atoms with Crippen LogP contribution < -0.4 is 5.32 Å². The molecule has 0 aliphatic heterocycles. The first kappa shape index (κ1) is 10.5. The summed E-state index contributed by atoms with van der Waals surface area (Å²) in [5, 5.41) is 7.26. The summed E-state index contributed by atoms with van der Waals surface area (Å²) in [4.78, 5) is 4.29. The van der Waals surface area contributed by atoms with Crippen LogP contribution in [-0.4, -0.2) is 16.2 Å². The van der Waals surface area contributed by atoms with Crippen molar-refractivity contribution in [1.82, 2.24) is 15.5 Å². The van der Waals surface area contributed by atoms with Gasteiger partial charge >= 0.3 is 0 Å². The van der Waals surface area contributed by atoms with Crippen LogP contribution in [0.25, 0.3) is 11.7 Å². The van der Waals surface area contributed by atoms with Gasteiger partial charge in [0.25, 0.3) is 5.89 Å². The average Bonchev–Trinajstić information content (AvgIpc) is 2.89. The molecule has 0 atom stereocenters. The molecular formula is C12H15N3O2. The van der Waals surface area contributed by atoms with E-state index in [0.29, 0.717) is 30.1 Å². The van der Waals surface area contributed by atoms with Crippen LogP contribution in [0.4, 0.5) is 0 Å². The van der Waals surface area contributed by atoms with E-state index in [4.69, 9.17) is 8.94 Å². The molecule has 0 amide bonds. The molecule has 0 unspecified atom stereocenters. The molecule has 17 heavy (non-hydrogen) atoms. The van der Waals surface area contributed by atoms with Gasteiger partial charge in [-0.05, 0) is 25.0 Å². The Hall–Kier alpha value is -1.62. The van der Waals surface area contributed by atoms with E-state index in [0.717, 1.165) is 12.2 Å². The van der Waals surface area contributed by atoms with Crippen molar-refractivity contribution in [3.63, 3.8) is 0 Å². The maximum atomic E-state index is 5.55. The summed E-state index contributed by atoms with van der Waals surface area (Å²) in [5.41, 5.74) is 0. The Morgan fingerprint density at radius 2 is 2.29 bits per heavy atom. The van der Waals surface area contributed by atoms with Gasteiger partial charge in [0, 0.05) is 12.5 Å². The van der Waals surface area contributed by atoms with Gasteiger partial charge in [-0.15, -0.1) is 0 Å². The molecule has 3 rings (SSSR count). The second-order valence-corrected chi connectivity index (χ2v) is 4.29. The SMILES string of the molecule is CCc1ccc(-c2nc(CNC3CC3)no2)o1. The number of hydrogen-bond acceptors (Lipinski definition) is 5. The minimum absolute atomic E-state index is 0.456. The number of aryl methyl sites for hydroxylation is 1. The zero-order valence-electron chi connectivity index (χ0n) is 9.77. The van der Waals surface area contributed by atoms with Crippen LogP contribution in [-0.2, 0) is 13.0 Å². The van der Waals surface area contributed by atoms with Crippen molar-refractivity contribution in [1.29, 1.82) is 0 Å². The van der Waals surface area contributed by atoms with Crippen molar-refractivity contribution in [2.75, 3.05) is 0 Å². The van der Waals surface area contributed by atoms with Gasteiger partial charge in [-0.25, -0.2) is 0 Å². The smallest absolute Gasteiger partial charge is 0.293 e. The summed E-state index contributed by atoms with van der Waals surface area (Å²) in [6.45, 7) is 2.71. The largest absolute Gasteiger partial charge is 0.456 e. The normalized spacial score (nSPS) is 15.4. The maximum Gasteiger partial charge on any atom is 0.293 e. The minimum atomic E-state index is 0.456. The first-order valence-electron chi connectivity index (χ1n) is 6.00. The Morgan fingerprint density at radius 3 is 3.00 bits per heavy atom. The number of furan rings is 1. The second-order valence-electron chi connectivity index (χ2n) is 4.29. The van der Waals surface area contributed by atoms with E-state index < -0.39 is 0 Å². The predicted molar refractivity (Wildman–Crippen MR) is 61.2 cm³/mol. The fraction of sp³-hybridized carbons (Fsp3) is 0.500. The van der Waals surface area contributed by atoms with Crippen LogP contribution in [0.5, 0.6) is 0 Å². The van der Waals surface area contributed by atoms with Gasteiger partial charge in [-0.3, -0.25) is 0 Å². The number of aromatic nitrogens is 2. The van der Waals surface area contributed by atoms with Gasteiger partial charge in [0.15, 0.2) is 11.6 Å². The Bertz CT molecular complexity index is 499. The lowest BCUT2D eigenvalue weighted by Crippen LogP contribution is -2.16. The minimum Gasteiger partial charge on any atom is -0.456 e. The van der Waals surface area contributed by atoms with Crippen molar-refractivity contribution in [2.24, 2.45) is 0 Å². The molecule has 2 aromatic rings. The van der Waals surface area contributed by atoms with Gasteiger partial charge in [0.05, 0.1) is 6.54 Å². The summed E-state index contributed by atoms with van der Waals surface area (Å²) >= 11 is 0. The number of nitrogens with zero attached hydrogens (tertiary/aromatic N) is 2. The summed E-state index contributed by atoms with van der Waals surface area (Å²) in [7, 11) is 0. The Balaban J connectivity index is 1.69. The lowest BCUT2D eigenvalue weighted by Gasteiger charge is -1.94. The average molecular weight is 233 g/mol. The lowest BCUT2D eigenvalue weighted by atomic mass is 10.3. The van der Waals surface area contributed by atoms with Gasteiger partial charge in [-0.2, -0.15) is 4.98 Å². The Morgan fingerprint density at radius 1 is 1.41 bits per heavy atom. The summed E-state index contributed by atoms with van der Waals surface area (Å²) < 4.78 is 10.7. The summed E-state index contributed by atoms with van der Waals surface area (Å²) in [5.74, 6) is 2.71. The van der Waals surface area contributed by atoms with Crippen molar-refractivity contribution in [3.05, 3.63) is 23.7 Å². The van der Waals surface area contributed by atoms with Crippen molar-refractivity contribution in [2.45, 2.75) is 38.8 Å². The van der Waals surface area contributed by atoms with Gasteiger partial charge in [-0.1, -0.05) is 12.1 Å². The molecule has 0 bridgehead atoms. The molecule has 0 spiro atoms. The molecule has 90 valence electrons. The molecule has 0 aromatic carbocycles. The summed E-state index contributed by atoms with van der Waals surface area (Å²) in [6.07, 6.45) is 3.37. The third-order valence-corrected chi connectivity index (χ3v) is 2.82. The number of hydrogen-bond donors (Lipinski definition) is 1. The molecule has 5 heteroatoms.